The summed E-state index contributed by atoms with van der Waals surface area (Å²) >= 11 is 0. The van der Waals surface area contributed by atoms with Crippen molar-refractivity contribution in [3.05, 3.63) is 47.1 Å². The first-order valence-corrected chi connectivity index (χ1v) is 9.84. The molecule has 0 saturated carbocycles. The standard InChI is InChI=1S/C21H25N5O2/c1-13(2)19-18(14(3)25-28-19)21(27)22-16-9-7-8-15(12-16)20-24-23-17-10-5-4-6-11-26(17)20/h7-9,12-13H,4-6,10-11H2,1-3H3,(H,22,27). The number of nitrogens with zero attached hydrogens (tertiary/aromatic N) is 4. The number of nitrogens with one attached hydrogen (secondary N) is 1. The minimum Gasteiger partial charge on any atom is -0.360 e. The molecule has 0 spiro atoms. The third kappa shape index (κ3) is 3.44. The van der Waals surface area contributed by atoms with Crippen LogP contribution >= 0.6 is 0 Å². The third-order valence-corrected chi connectivity index (χ3v) is 5.13. The van der Waals surface area contributed by atoms with Gasteiger partial charge < -0.3 is 14.4 Å². The van der Waals surface area contributed by atoms with E-state index in [1.807, 2.05) is 38.1 Å². The molecule has 0 aliphatic carbocycles. The first-order chi connectivity index (χ1) is 13.5. The van der Waals surface area contributed by atoms with E-state index in [4.69, 9.17) is 4.52 Å². The van der Waals surface area contributed by atoms with Crippen LogP contribution in [0.4, 0.5) is 5.69 Å². The van der Waals surface area contributed by atoms with Crippen LogP contribution in [0, 0.1) is 6.92 Å². The second kappa shape index (κ2) is 7.58. The van der Waals surface area contributed by atoms with Crippen molar-refractivity contribution in [2.24, 2.45) is 0 Å². The summed E-state index contributed by atoms with van der Waals surface area (Å²) in [5, 5.41) is 15.7. The lowest BCUT2D eigenvalue weighted by Gasteiger charge is -2.10. The molecule has 1 amide bonds. The highest BCUT2D eigenvalue weighted by Gasteiger charge is 2.23. The van der Waals surface area contributed by atoms with Crippen LogP contribution in [-0.4, -0.2) is 25.8 Å². The molecule has 0 bridgehead atoms. The largest absolute Gasteiger partial charge is 0.360 e. The van der Waals surface area contributed by atoms with Gasteiger partial charge in [0.15, 0.2) is 11.6 Å². The van der Waals surface area contributed by atoms with Gasteiger partial charge in [0.2, 0.25) is 0 Å². The molecule has 4 rings (SSSR count). The van der Waals surface area contributed by atoms with E-state index in [1.165, 1.54) is 6.42 Å². The van der Waals surface area contributed by atoms with Gasteiger partial charge in [0.25, 0.3) is 5.91 Å². The monoisotopic (exact) mass is 379 g/mol. The summed E-state index contributed by atoms with van der Waals surface area (Å²) in [6.07, 6.45) is 4.48. The van der Waals surface area contributed by atoms with E-state index in [0.717, 1.165) is 43.0 Å². The molecule has 146 valence electrons. The number of rotatable bonds is 4. The molecule has 0 fully saturated rings. The molecule has 0 atom stereocenters. The molecule has 0 radical (unpaired) electrons. The van der Waals surface area contributed by atoms with Gasteiger partial charge in [0.1, 0.15) is 11.4 Å². The number of aryl methyl sites for hydroxylation is 2. The molecule has 3 heterocycles. The van der Waals surface area contributed by atoms with Crippen LogP contribution in [0.1, 0.15) is 66.7 Å². The molecule has 28 heavy (non-hydrogen) atoms. The summed E-state index contributed by atoms with van der Waals surface area (Å²) in [7, 11) is 0. The van der Waals surface area contributed by atoms with E-state index in [2.05, 4.69) is 25.2 Å². The number of carbonyl (C=O) groups excluding carboxylic acids is 1. The Morgan fingerprint density at radius 1 is 1.21 bits per heavy atom. The smallest absolute Gasteiger partial charge is 0.261 e. The van der Waals surface area contributed by atoms with Crippen molar-refractivity contribution in [1.82, 2.24) is 19.9 Å². The van der Waals surface area contributed by atoms with E-state index in [1.54, 1.807) is 6.92 Å². The van der Waals surface area contributed by atoms with Crippen LogP contribution in [0.15, 0.2) is 28.8 Å². The molecule has 1 aromatic carbocycles. The minimum absolute atomic E-state index is 0.0831. The summed E-state index contributed by atoms with van der Waals surface area (Å²) in [5.41, 5.74) is 2.77. The van der Waals surface area contributed by atoms with Crippen molar-refractivity contribution in [3.8, 4) is 11.4 Å². The number of hydrogen-bond acceptors (Lipinski definition) is 5. The van der Waals surface area contributed by atoms with E-state index in [-0.39, 0.29) is 11.8 Å². The topological polar surface area (TPSA) is 85.8 Å². The molecular weight excluding hydrogens is 354 g/mol. The Balaban J connectivity index is 1.61. The summed E-state index contributed by atoms with van der Waals surface area (Å²) in [5.74, 6) is 2.38. The van der Waals surface area contributed by atoms with Crippen molar-refractivity contribution in [3.63, 3.8) is 0 Å². The molecule has 0 saturated heterocycles. The number of carbonyl (C=O) groups is 1. The Morgan fingerprint density at radius 2 is 2.07 bits per heavy atom. The maximum Gasteiger partial charge on any atom is 0.261 e. The van der Waals surface area contributed by atoms with Gasteiger partial charge in [-0.3, -0.25) is 4.79 Å². The van der Waals surface area contributed by atoms with Crippen LogP contribution in [-0.2, 0) is 13.0 Å². The van der Waals surface area contributed by atoms with Crippen LogP contribution in [0.2, 0.25) is 0 Å². The van der Waals surface area contributed by atoms with E-state index >= 15 is 0 Å². The lowest BCUT2D eigenvalue weighted by molar-refractivity contribution is 0.102. The van der Waals surface area contributed by atoms with Crippen LogP contribution in [0.25, 0.3) is 11.4 Å². The summed E-state index contributed by atoms with van der Waals surface area (Å²) in [4.78, 5) is 12.9. The van der Waals surface area contributed by atoms with Crippen LogP contribution in [0.5, 0.6) is 0 Å². The van der Waals surface area contributed by atoms with E-state index in [0.29, 0.717) is 22.7 Å². The Bertz CT molecular complexity index is 1000. The van der Waals surface area contributed by atoms with Crippen molar-refractivity contribution >= 4 is 11.6 Å². The zero-order chi connectivity index (χ0) is 19.7. The minimum atomic E-state index is -0.209. The molecular formula is C21H25N5O2. The zero-order valence-corrected chi connectivity index (χ0v) is 16.5. The van der Waals surface area contributed by atoms with Crippen molar-refractivity contribution in [1.29, 1.82) is 0 Å². The number of anilines is 1. The third-order valence-electron chi connectivity index (χ3n) is 5.13. The highest BCUT2D eigenvalue weighted by atomic mass is 16.5. The molecule has 3 aromatic rings. The zero-order valence-electron chi connectivity index (χ0n) is 16.5. The number of benzene rings is 1. The Labute approximate surface area is 164 Å². The fourth-order valence-corrected chi connectivity index (χ4v) is 3.69. The first kappa shape index (κ1) is 18.4. The van der Waals surface area contributed by atoms with Crippen molar-refractivity contribution < 1.29 is 9.32 Å². The van der Waals surface area contributed by atoms with E-state index in [9.17, 15) is 4.79 Å². The summed E-state index contributed by atoms with van der Waals surface area (Å²) in [6, 6.07) is 7.74. The van der Waals surface area contributed by atoms with Gasteiger partial charge in [0.05, 0.1) is 5.69 Å². The molecule has 1 aliphatic heterocycles. The Morgan fingerprint density at radius 3 is 2.89 bits per heavy atom. The lowest BCUT2D eigenvalue weighted by atomic mass is 10.0. The average Bonchev–Trinajstić information content (AvgIpc) is 3.18. The molecule has 1 N–H and O–H groups in total. The number of fused-ring (bicyclic) bond motifs is 1. The van der Waals surface area contributed by atoms with Gasteiger partial charge >= 0.3 is 0 Å². The number of aromatic nitrogens is 4. The lowest BCUT2D eigenvalue weighted by Crippen LogP contribution is -2.15. The highest BCUT2D eigenvalue weighted by Crippen LogP contribution is 2.27. The normalized spacial score (nSPS) is 14.0. The van der Waals surface area contributed by atoms with Gasteiger partial charge in [-0.1, -0.05) is 37.6 Å². The molecule has 2 aromatic heterocycles. The summed E-state index contributed by atoms with van der Waals surface area (Å²) in [6.45, 7) is 6.68. The van der Waals surface area contributed by atoms with Crippen molar-refractivity contribution in [2.75, 3.05) is 5.32 Å². The van der Waals surface area contributed by atoms with Gasteiger partial charge in [-0.15, -0.1) is 10.2 Å². The SMILES string of the molecule is Cc1noc(C(C)C)c1C(=O)Nc1cccc(-c2nnc3n2CCCCC3)c1. The fraction of sp³-hybridized carbons (Fsp3) is 0.429. The predicted molar refractivity (Wildman–Crippen MR) is 106 cm³/mol. The predicted octanol–water partition coefficient (Wildman–Crippen LogP) is 4.34. The fourth-order valence-electron chi connectivity index (χ4n) is 3.69. The molecule has 0 unspecified atom stereocenters. The molecule has 1 aliphatic rings. The quantitative estimate of drug-likeness (QED) is 0.728. The van der Waals surface area contributed by atoms with Crippen LogP contribution < -0.4 is 5.32 Å². The Kier molecular flexibility index (Phi) is 4.98. The van der Waals surface area contributed by atoms with Crippen LogP contribution in [0.3, 0.4) is 0 Å². The second-order valence-electron chi connectivity index (χ2n) is 7.60. The van der Waals surface area contributed by atoms with E-state index < -0.39 is 0 Å². The number of hydrogen-bond donors (Lipinski definition) is 1. The highest BCUT2D eigenvalue weighted by molar-refractivity contribution is 6.06. The molecule has 7 heteroatoms. The molecule has 7 nitrogen and oxygen atoms in total. The van der Waals surface area contributed by atoms with Crippen molar-refractivity contribution in [2.45, 2.75) is 58.9 Å². The average molecular weight is 379 g/mol. The first-order valence-electron chi connectivity index (χ1n) is 9.84. The Hall–Kier alpha value is -2.96. The maximum atomic E-state index is 12.9. The van der Waals surface area contributed by atoms with Gasteiger partial charge in [0, 0.05) is 30.1 Å². The number of amides is 1. The van der Waals surface area contributed by atoms with Gasteiger partial charge in [-0.2, -0.15) is 0 Å². The maximum absolute atomic E-state index is 12.9. The summed E-state index contributed by atoms with van der Waals surface area (Å²) < 4.78 is 7.54. The second-order valence-corrected chi connectivity index (χ2v) is 7.60. The van der Waals surface area contributed by atoms with Gasteiger partial charge in [-0.05, 0) is 31.9 Å². The van der Waals surface area contributed by atoms with Gasteiger partial charge in [-0.25, -0.2) is 0 Å².